The fraction of sp³-hybridized carbons (Fsp3) is 0.533. The van der Waals surface area contributed by atoms with E-state index in [1.165, 1.54) is 0 Å². The van der Waals surface area contributed by atoms with Crippen LogP contribution < -0.4 is 0 Å². The van der Waals surface area contributed by atoms with E-state index in [1.54, 1.807) is 0 Å². The van der Waals surface area contributed by atoms with Gasteiger partial charge in [0.15, 0.2) is 5.72 Å². The Hall–Kier alpha value is -0.860. The molecule has 0 bridgehead atoms. The normalized spacial score (nSPS) is 29.8. The van der Waals surface area contributed by atoms with Crippen molar-refractivity contribution in [2.75, 3.05) is 6.61 Å². The molecule has 0 aliphatic carbocycles. The van der Waals surface area contributed by atoms with E-state index in [0.717, 1.165) is 42.2 Å². The first-order chi connectivity index (χ1) is 8.54. The van der Waals surface area contributed by atoms with Gasteiger partial charge in [0.2, 0.25) is 0 Å². The SMILES string of the molecule is CC1(C)CC(c2ccccc2Cl)=NC12CCCO2. The first-order valence-corrected chi connectivity index (χ1v) is 6.89. The van der Waals surface area contributed by atoms with E-state index < -0.39 is 0 Å². The molecule has 2 aliphatic heterocycles. The van der Waals surface area contributed by atoms with Crippen LogP contribution in [-0.2, 0) is 4.74 Å². The zero-order valence-corrected chi connectivity index (χ0v) is 11.6. The second kappa shape index (κ2) is 4.07. The molecular formula is C15H18ClNO. The number of hydrogen-bond donors (Lipinski definition) is 0. The van der Waals surface area contributed by atoms with Crippen molar-refractivity contribution < 1.29 is 4.74 Å². The van der Waals surface area contributed by atoms with Gasteiger partial charge >= 0.3 is 0 Å². The Balaban J connectivity index is 2.03. The van der Waals surface area contributed by atoms with E-state index in [1.807, 2.05) is 24.3 Å². The maximum Gasteiger partial charge on any atom is 0.164 e. The van der Waals surface area contributed by atoms with E-state index in [4.69, 9.17) is 21.3 Å². The van der Waals surface area contributed by atoms with Crippen LogP contribution >= 0.6 is 11.6 Å². The van der Waals surface area contributed by atoms with Gasteiger partial charge in [-0.15, -0.1) is 0 Å². The molecule has 2 nitrogen and oxygen atoms in total. The summed E-state index contributed by atoms with van der Waals surface area (Å²) in [6, 6.07) is 7.93. The molecule has 0 amide bonds. The van der Waals surface area contributed by atoms with Gasteiger partial charge < -0.3 is 4.74 Å². The molecule has 1 saturated heterocycles. The number of halogens is 1. The molecule has 2 aliphatic rings. The summed E-state index contributed by atoms with van der Waals surface area (Å²) >= 11 is 6.27. The van der Waals surface area contributed by atoms with Gasteiger partial charge in [-0.2, -0.15) is 0 Å². The monoisotopic (exact) mass is 263 g/mol. The third-order valence-corrected chi connectivity index (χ3v) is 4.50. The van der Waals surface area contributed by atoms with Crippen molar-refractivity contribution >= 4 is 17.3 Å². The van der Waals surface area contributed by atoms with E-state index >= 15 is 0 Å². The lowest BCUT2D eigenvalue weighted by atomic mass is 9.78. The Labute approximate surface area is 113 Å². The molecule has 0 N–H and O–H groups in total. The van der Waals surface area contributed by atoms with Gasteiger partial charge in [0.1, 0.15) is 0 Å². The van der Waals surface area contributed by atoms with Crippen molar-refractivity contribution in [3.05, 3.63) is 34.9 Å². The minimum absolute atomic E-state index is 0.0536. The average molecular weight is 264 g/mol. The Kier molecular flexibility index (Phi) is 2.76. The fourth-order valence-corrected chi connectivity index (χ4v) is 3.31. The summed E-state index contributed by atoms with van der Waals surface area (Å²) in [4.78, 5) is 4.91. The van der Waals surface area contributed by atoms with Crippen molar-refractivity contribution in [1.29, 1.82) is 0 Å². The minimum atomic E-state index is -0.318. The molecule has 2 heterocycles. The van der Waals surface area contributed by atoms with Crippen LogP contribution in [-0.4, -0.2) is 18.0 Å². The highest BCUT2D eigenvalue weighted by atomic mass is 35.5. The third-order valence-electron chi connectivity index (χ3n) is 4.17. The zero-order chi connectivity index (χ0) is 12.8. The van der Waals surface area contributed by atoms with E-state index in [2.05, 4.69) is 13.8 Å². The van der Waals surface area contributed by atoms with Gasteiger partial charge in [0.25, 0.3) is 0 Å². The number of aliphatic imine (C=N–C) groups is 1. The Bertz CT molecular complexity index is 501. The van der Waals surface area contributed by atoms with E-state index in [9.17, 15) is 0 Å². The molecule has 96 valence electrons. The predicted molar refractivity (Wildman–Crippen MR) is 74.3 cm³/mol. The van der Waals surface area contributed by atoms with Crippen molar-refractivity contribution in [3.63, 3.8) is 0 Å². The quantitative estimate of drug-likeness (QED) is 0.749. The standard InChI is InChI=1S/C15H18ClNO/c1-14(2)10-13(11-6-3-4-7-12(11)16)17-15(14)8-5-9-18-15/h3-4,6-7H,5,8-10H2,1-2H3. The highest BCUT2D eigenvalue weighted by Gasteiger charge is 2.53. The summed E-state index contributed by atoms with van der Waals surface area (Å²) in [7, 11) is 0. The Morgan fingerprint density at radius 2 is 2.06 bits per heavy atom. The van der Waals surface area contributed by atoms with Gasteiger partial charge in [-0.25, -0.2) is 0 Å². The first kappa shape index (κ1) is 12.2. The fourth-order valence-electron chi connectivity index (χ4n) is 3.06. The molecule has 0 aromatic heterocycles. The summed E-state index contributed by atoms with van der Waals surface area (Å²) in [5.41, 5.74) is 1.88. The molecule has 1 fully saturated rings. The van der Waals surface area contributed by atoms with Crippen molar-refractivity contribution in [3.8, 4) is 0 Å². The topological polar surface area (TPSA) is 21.6 Å². The van der Waals surface area contributed by atoms with Gasteiger partial charge in [-0.05, 0) is 25.3 Å². The second-order valence-electron chi connectivity index (χ2n) is 5.84. The van der Waals surface area contributed by atoms with Crippen LogP contribution in [0.1, 0.15) is 38.7 Å². The summed E-state index contributed by atoms with van der Waals surface area (Å²) < 4.78 is 5.98. The number of nitrogens with zero attached hydrogens (tertiary/aromatic N) is 1. The summed E-state index contributed by atoms with van der Waals surface area (Å²) in [5, 5.41) is 0.780. The molecule has 18 heavy (non-hydrogen) atoms. The second-order valence-corrected chi connectivity index (χ2v) is 6.24. The summed E-state index contributed by atoms with van der Waals surface area (Å²) in [6.45, 7) is 5.31. The highest BCUT2D eigenvalue weighted by molar-refractivity contribution is 6.34. The molecule has 1 aromatic rings. The zero-order valence-electron chi connectivity index (χ0n) is 10.9. The van der Waals surface area contributed by atoms with E-state index in [-0.39, 0.29) is 11.1 Å². The van der Waals surface area contributed by atoms with Crippen LogP contribution in [0.3, 0.4) is 0 Å². The molecule has 1 aromatic carbocycles. The van der Waals surface area contributed by atoms with Crippen LogP contribution in [0, 0.1) is 5.41 Å². The molecule has 3 rings (SSSR count). The Morgan fingerprint density at radius 3 is 2.72 bits per heavy atom. The van der Waals surface area contributed by atoms with Crippen LogP contribution in [0.15, 0.2) is 29.3 Å². The van der Waals surface area contributed by atoms with Gasteiger partial charge in [0.05, 0.1) is 0 Å². The highest BCUT2D eigenvalue weighted by Crippen LogP contribution is 2.50. The summed E-state index contributed by atoms with van der Waals surface area (Å²) in [6.07, 6.45) is 3.05. The van der Waals surface area contributed by atoms with Gasteiger partial charge in [-0.3, -0.25) is 4.99 Å². The van der Waals surface area contributed by atoms with E-state index in [0.29, 0.717) is 0 Å². The maximum absolute atomic E-state index is 6.27. The minimum Gasteiger partial charge on any atom is -0.353 e. The van der Waals surface area contributed by atoms with Crippen molar-refractivity contribution in [1.82, 2.24) is 0 Å². The third kappa shape index (κ3) is 1.70. The van der Waals surface area contributed by atoms with Crippen molar-refractivity contribution in [2.45, 2.75) is 38.8 Å². The molecule has 0 radical (unpaired) electrons. The first-order valence-electron chi connectivity index (χ1n) is 6.52. The number of rotatable bonds is 1. The molecule has 1 atom stereocenters. The summed E-state index contributed by atoms with van der Waals surface area (Å²) in [5.74, 6) is 0. The lowest BCUT2D eigenvalue weighted by Gasteiger charge is -2.34. The molecule has 1 spiro atoms. The Morgan fingerprint density at radius 1 is 1.28 bits per heavy atom. The molecule has 3 heteroatoms. The van der Waals surface area contributed by atoms with Crippen molar-refractivity contribution in [2.24, 2.45) is 10.4 Å². The number of benzene rings is 1. The maximum atomic E-state index is 6.27. The van der Waals surface area contributed by atoms with Crippen LogP contribution in [0.25, 0.3) is 0 Å². The lowest BCUT2D eigenvalue weighted by Crippen LogP contribution is -2.38. The molecule has 0 saturated carbocycles. The lowest BCUT2D eigenvalue weighted by molar-refractivity contribution is -0.0654. The van der Waals surface area contributed by atoms with Crippen LogP contribution in [0.5, 0.6) is 0 Å². The number of hydrogen-bond acceptors (Lipinski definition) is 2. The predicted octanol–water partition coefficient (Wildman–Crippen LogP) is 4.07. The average Bonchev–Trinajstić information content (AvgIpc) is 2.87. The van der Waals surface area contributed by atoms with Gasteiger partial charge in [0, 0.05) is 28.3 Å². The number of ether oxygens (including phenoxy) is 1. The van der Waals surface area contributed by atoms with Crippen LogP contribution in [0.4, 0.5) is 0 Å². The smallest absolute Gasteiger partial charge is 0.164 e. The van der Waals surface area contributed by atoms with Crippen LogP contribution in [0.2, 0.25) is 5.02 Å². The largest absolute Gasteiger partial charge is 0.353 e. The van der Waals surface area contributed by atoms with Gasteiger partial charge in [-0.1, -0.05) is 43.6 Å². The molecule has 1 unspecified atom stereocenters. The molecular weight excluding hydrogens is 246 g/mol.